The van der Waals surface area contributed by atoms with Crippen LogP contribution in [0.2, 0.25) is 0 Å². The minimum atomic E-state index is -0.448. The van der Waals surface area contributed by atoms with Crippen LogP contribution in [0.25, 0.3) is 0 Å². The zero-order valence-corrected chi connectivity index (χ0v) is 11.0. The molecule has 0 amide bonds. The molecular weight excluding hydrogens is 216 g/mol. The smallest absolute Gasteiger partial charge is 0.309 e. The number of hydrogen-bond acceptors (Lipinski definition) is 3. The molecule has 0 aromatic heterocycles. The molecule has 0 radical (unpaired) electrons. The van der Waals surface area contributed by atoms with Crippen LogP contribution in [-0.2, 0) is 14.3 Å². The van der Waals surface area contributed by atoms with Crippen molar-refractivity contribution in [1.29, 1.82) is 0 Å². The number of carbonyl (C=O) groups is 2. The Hall–Kier alpha value is -1.12. The first-order chi connectivity index (χ1) is 7.78. The summed E-state index contributed by atoms with van der Waals surface area (Å²) in [4.78, 5) is 23.3. The maximum atomic E-state index is 12.0. The van der Waals surface area contributed by atoms with Crippen LogP contribution in [0.4, 0.5) is 0 Å². The zero-order chi connectivity index (χ0) is 13.1. The summed E-state index contributed by atoms with van der Waals surface area (Å²) in [6.45, 7) is 9.47. The Morgan fingerprint density at radius 1 is 1.41 bits per heavy atom. The normalized spacial score (nSPS) is 22.9. The number of Topliss-reactive ketones (excluding diaryl/α,β-unsaturated/α-hetero) is 1. The largest absolute Gasteiger partial charge is 0.460 e. The molecule has 1 unspecified atom stereocenters. The number of esters is 1. The molecule has 0 aromatic rings. The summed E-state index contributed by atoms with van der Waals surface area (Å²) >= 11 is 0. The Bertz CT molecular complexity index is 323. The van der Waals surface area contributed by atoms with E-state index in [1.807, 2.05) is 20.8 Å². The molecule has 0 heterocycles. The van der Waals surface area contributed by atoms with Gasteiger partial charge >= 0.3 is 5.97 Å². The number of rotatable bonds is 1. The van der Waals surface area contributed by atoms with E-state index in [1.165, 1.54) is 0 Å². The van der Waals surface area contributed by atoms with Crippen LogP contribution in [0, 0.1) is 5.92 Å². The standard InChI is InChI=1S/C14H22O3/c1-10-8-11(6-5-7-12(15)9-10)13(16)17-14(2,3)4/h11H,1,5-9H2,2-4H3. The molecule has 0 aliphatic heterocycles. The van der Waals surface area contributed by atoms with Gasteiger partial charge in [0.1, 0.15) is 11.4 Å². The number of carbonyl (C=O) groups excluding carboxylic acids is 2. The van der Waals surface area contributed by atoms with Crippen molar-refractivity contribution < 1.29 is 14.3 Å². The van der Waals surface area contributed by atoms with Crippen LogP contribution in [0.1, 0.15) is 52.9 Å². The van der Waals surface area contributed by atoms with Gasteiger partial charge in [-0.15, -0.1) is 0 Å². The molecular formula is C14H22O3. The van der Waals surface area contributed by atoms with Gasteiger partial charge in [-0.25, -0.2) is 0 Å². The first-order valence-corrected chi connectivity index (χ1v) is 6.19. The van der Waals surface area contributed by atoms with Gasteiger partial charge in [-0.3, -0.25) is 9.59 Å². The minimum Gasteiger partial charge on any atom is -0.460 e. The predicted octanol–water partition coefficient (Wildman–Crippen LogP) is 3.03. The second-order valence-electron chi connectivity index (χ2n) is 5.79. The lowest BCUT2D eigenvalue weighted by atomic mass is 9.88. The van der Waals surface area contributed by atoms with E-state index < -0.39 is 5.60 Å². The first kappa shape index (κ1) is 13.9. The van der Waals surface area contributed by atoms with E-state index in [0.717, 1.165) is 18.4 Å². The summed E-state index contributed by atoms with van der Waals surface area (Å²) in [7, 11) is 0. The molecule has 1 saturated carbocycles. The van der Waals surface area contributed by atoms with Crippen LogP contribution in [0.5, 0.6) is 0 Å². The fourth-order valence-electron chi connectivity index (χ4n) is 2.02. The molecule has 1 aliphatic carbocycles. The zero-order valence-electron chi connectivity index (χ0n) is 11.0. The van der Waals surface area contributed by atoms with Gasteiger partial charge < -0.3 is 4.74 Å². The van der Waals surface area contributed by atoms with Crippen LogP contribution >= 0.6 is 0 Å². The van der Waals surface area contributed by atoms with Crippen molar-refractivity contribution >= 4 is 11.8 Å². The third kappa shape index (κ3) is 5.16. The van der Waals surface area contributed by atoms with E-state index in [1.54, 1.807) is 0 Å². The fraction of sp³-hybridized carbons (Fsp3) is 0.714. The van der Waals surface area contributed by atoms with Gasteiger partial charge in [-0.1, -0.05) is 12.2 Å². The monoisotopic (exact) mass is 238 g/mol. The van der Waals surface area contributed by atoms with E-state index >= 15 is 0 Å². The van der Waals surface area contributed by atoms with Crippen molar-refractivity contribution in [2.24, 2.45) is 5.92 Å². The maximum absolute atomic E-state index is 12.0. The summed E-state index contributed by atoms with van der Waals surface area (Å²) in [6.07, 6.45) is 3.05. The van der Waals surface area contributed by atoms with Gasteiger partial charge in [0.05, 0.1) is 5.92 Å². The van der Waals surface area contributed by atoms with Crippen LogP contribution in [0.15, 0.2) is 12.2 Å². The van der Waals surface area contributed by atoms with Crippen molar-refractivity contribution in [2.45, 2.75) is 58.5 Å². The highest BCUT2D eigenvalue weighted by Gasteiger charge is 2.27. The lowest BCUT2D eigenvalue weighted by Crippen LogP contribution is -2.29. The maximum Gasteiger partial charge on any atom is 0.309 e. The minimum absolute atomic E-state index is 0.130. The van der Waals surface area contributed by atoms with E-state index in [-0.39, 0.29) is 17.7 Å². The average Bonchev–Trinajstić information content (AvgIpc) is 2.10. The lowest BCUT2D eigenvalue weighted by Gasteiger charge is -2.25. The van der Waals surface area contributed by atoms with Crippen molar-refractivity contribution in [3.05, 3.63) is 12.2 Å². The molecule has 1 aliphatic rings. The summed E-state index contributed by atoms with van der Waals surface area (Å²) in [5.74, 6) is -0.0551. The van der Waals surface area contributed by atoms with Gasteiger partial charge in [-0.05, 0) is 40.0 Å². The van der Waals surface area contributed by atoms with Crippen LogP contribution < -0.4 is 0 Å². The van der Waals surface area contributed by atoms with Gasteiger partial charge in [0, 0.05) is 12.8 Å². The van der Waals surface area contributed by atoms with Gasteiger partial charge in [0.25, 0.3) is 0 Å². The molecule has 0 bridgehead atoms. The molecule has 17 heavy (non-hydrogen) atoms. The highest BCUT2D eigenvalue weighted by molar-refractivity contribution is 5.81. The molecule has 0 spiro atoms. The van der Waals surface area contributed by atoms with E-state index in [0.29, 0.717) is 19.3 Å². The summed E-state index contributed by atoms with van der Waals surface area (Å²) in [6, 6.07) is 0. The second-order valence-corrected chi connectivity index (χ2v) is 5.79. The average molecular weight is 238 g/mol. The van der Waals surface area contributed by atoms with Crippen LogP contribution in [-0.4, -0.2) is 17.4 Å². The molecule has 1 rings (SSSR count). The van der Waals surface area contributed by atoms with Crippen molar-refractivity contribution in [3.63, 3.8) is 0 Å². The predicted molar refractivity (Wildman–Crippen MR) is 66.6 cm³/mol. The summed E-state index contributed by atoms with van der Waals surface area (Å²) in [5, 5.41) is 0. The summed E-state index contributed by atoms with van der Waals surface area (Å²) < 4.78 is 5.38. The van der Waals surface area contributed by atoms with Crippen molar-refractivity contribution in [3.8, 4) is 0 Å². The first-order valence-electron chi connectivity index (χ1n) is 6.19. The number of ketones is 1. The second kappa shape index (κ2) is 5.48. The van der Waals surface area contributed by atoms with Crippen LogP contribution in [0.3, 0.4) is 0 Å². The Labute approximate surface area is 103 Å². The Kier molecular flexibility index (Phi) is 4.49. The summed E-state index contributed by atoms with van der Waals surface area (Å²) in [5.41, 5.74) is 0.405. The Balaban J connectivity index is 2.60. The molecule has 0 N–H and O–H groups in total. The molecule has 96 valence electrons. The van der Waals surface area contributed by atoms with Gasteiger partial charge in [0.15, 0.2) is 0 Å². The number of ether oxygens (including phenoxy) is 1. The SMILES string of the molecule is C=C1CC(=O)CCCC(C(=O)OC(C)(C)C)C1. The molecule has 3 heteroatoms. The fourth-order valence-corrected chi connectivity index (χ4v) is 2.02. The van der Waals surface area contributed by atoms with Crippen molar-refractivity contribution in [2.75, 3.05) is 0 Å². The third-order valence-electron chi connectivity index (χ3n) is 2.73. The van der Waals surface area contributed by atoms with E-state index in [9.17, 15) is 9.59 Å². The molecule has 1 atom stereocenters. The molecule has 0 saturated heterocycles. The third-order valence-corrected chi connectivity index (χ3v) is 2.73. The van der Waals surface area contributed by atoms with Gasteiger partial charge in [0.2, 0.25) is 0 Å². The topological polar surface area (TPSA) is 43.4 Å². The van der Waals surface area contributed by atoms with Gasteiger partial charge in [-0.2, -0.15) is 0 Å². The Morgan fingerprint density at radius 3 is 2.65 bits per heavy atom. The van der Waals surface area contributed by atoms with E-state index in [2.05, 4.69) is 6.58 Å². The lowest BCUT2D eigenvalue weighted by molar-refractivity contribution is -0.160. The van der Waals surface area contributed by atoms with Crippen molar-refractivity contribution in [1.82, 2.24) is 0 Å². The highest BCUT2D eigenvalue weighted by Crippen LogP contribution is 2.26. The molecule has 1 fully saturated rings. The highest BCUT2D eigenvalue weighted by atomic mass is 16.6. The molecule has 3 nitrogen and oxygen atoms in total. The van der Waals surface area contributed by atoms with E-state index in [4.69, 9.17) is 4.74 Å². The number of allylic oxidation sites excluding steroid dienone is 1. The number of hydrogen-bond donors (Lipinski definition) is 0. The Morgan fingerprint density at radius 2 is 2.06 bits per heavy atom. The molecule has 0 aromatic carbocycles. The quantitative estimate of drug-likeness (QED) is 0.521.